The van der Waals surface area contributed by atoms with Crippen LogP contribution in [0.25, 0.3) is 0 Å². The van der Waals surface area contributed by atoms with Gasteiger partial charge in [0.25, 0.3) is 11.5 Å². The molecule has 5 nitrogen and oxygen atoms in total. The van der Waals surface area contributed by atoms with Gasteiger partial charge in [0, 0.05) is 31.9 Å². The zero-order chi connectivity index (χ0) is 16.8. The minimum atomic E-state index is -0.176. The minimum absolute atomic E-state index is 0.0953. The fourth-order valence-electron chi connectivity index (χ4n) is 2.25. The van der Waals surface area contributed by atoms with Crippen molar-refractivity contribution >= 4 is 5.91 Å². The molecular weight excluding hydrogens is 290 g/mol. The maximum absolute atomic E-state index is 12.3. The van der Waals surface area contributed by atoms with E-state index in [1.807, 2.05) is 50.2 Å². The number of hydrogen-bond donors (Lipinski definition) is 1. The number of amides is 1. The predicted molar refractivity (Wildman–Crippen MR) is 91.6 cm³/mol. The lowest BCUT2D eigenvalue weighted by Crippen LogP contribution is -2.29. The quantitative estimate of drug-likeness (QED) is 0.882. The van der Waals surface area contributed by atoms with E-state index in [9.17, 15) is 9.59 Å². The summed E-state index contributed by atoms with van der Waals surface area (Å²) in [6.07, 6.45) is 1.62. The number of hydrogen-bond acceptors (Lipinski definition) is 3. The Kier molecular flexibility index (Phi) is 5.71. The summed E-state index contributed by atoms with van der Waals surface area (Å²) >= 11 is 0. The maximum atomic E-state index is 12.3. The molecule has 0 aliphatic heterocycles. The van der Waals surface area contributed by atoms with Gasteiger partial charge in [-0.25, -0.2) is 0 Å². The Labute approximate surface area is 136 Å². The van der Waals surface area contributed by atoms with E-state index in [1.54, 1.807) is 16.8 Å². The lowest BCUT2D eigenvalue weighted by molar-refractivity contribution is 0.0950. The molecule has 2 rings (SSSR count). The third kappa shape index (κ3) is 5.07. The van der Waals surface area contributed by atoms with Gasteiger partial charge in [-0.2, -0.15) is 0 Å². The van der Waals surface area contributed by atoms with Crippen LogP contribution in [0.3, 0.4) is 0 Å². The fourth-order valence-corrected chi connectivity index (χ4v) is 2.25. The highest BCUT2D eigenvalue weighted by Crippen LogP contribution is 2.04. The highest BCUT2D eigenvalue weighted by atomic mass is 16.2. The van der Waals surface area contributed by atoms with E-state index in [0.29, 0.717) is 18.7 Å². The molecule has 5 heteroatoms. The molecule has 1 amide bonds. The topological polar surface area (TPSA) is 54.3 Å². The van der Waals surface area contributed by atoms with Crippen molar-refractivity contribution in [2.24, 2.45) is 0 Å². The van der Waals surface area contributed by atoms with Gasteiger partial charge < -0.3 is 14.8 Å². The van der Waals surface area contributed by atoms with Crippen LogP contribution >= 0.6 is 0 Å². The fraction of sp³-hybridized carbons (Fsp3) is 0.333. The van der Waals surface area contributed by atoms with Crippen LogP contribution in [0.1, 0.15) is 21.5 Å². The average Bonchev–Trinajstić information content (AvgIpc) is 2.51. The summed E-state index contributed by atoms with van der Waals surface area (Å²) in [5.41, 5.74) is 2.62. The van der Waals surface area contributed by atoms with Crippen LogP contribution in [0.15, 0.2) is 47.4 Å². The number of nitrogens with zero attached hydrogens (tertiary/aromatic N) is 2. The third-order valence-corrected chi connectivity index (χ3v) is 3.57. The number of pyridine rings is 1. The Balaban J connectivity index is 2.04. The van der Waals surface area contributed by atoms with Gasteiger partial charge in [-0.15, -0.1) is 0 Å². The monoisotopic (exact) mass is 313 g/mol. The standard InChI is InChI=1S/C18H23N3O2/c1-14-5-4-6-15(11-14)12-19-18(23)16-7-8-17(22)21(13-16)10-9-20(2)3/h4-8,11,13H,9-10,12H2,1-3H3,(H,19,23). The molecule has 1 aromatic heterocycles. The zero-order valence-corrected chi connectivity index (χ0v) is 13.9. The third-order valence-electron chi connectivity index (χ3n) is 3.57. The number of nitrogens with one attached hydrogen (secondary N) is 1. The molecule has 0 bridgehead atoms. The number of carbonyl (C=O) groups excluding carboxylic acids is 1. The molecule has 0 fully saturated rings. The van der Waals surface area contributed by atoms with Gasteiger partial charge in [0.15, 0.2) is 0 Å². The first kappa shape index (κ1) is 17.0. The van der Waals surface area contributed by atoms with Crippen molar-refractivity contribution in [3.8, 4) is 0 Å². The normalized spacial score (nSPS) is 10.8. The number of carbonyl (C=O) groups is 1. The van der Waals surface area contributed by atoms with Crippen molar-refractivity contribution in [2.75, 3.05) is 20.6 Å². The van der Waals surface area contributed by atoms with Gasteiger partial charge in [0.2, 0.25) is 0 Å². The molecule has 23 heavy (non-hydrogen) atoms. The Morgan fingerprint density at radius 3 is 2.70 bits per heavy atom. The summed E-state index contributed by atoms with van der Waals surface area (Å²) in [5.74, 6) is -0.176. The summed E-state index contributed by atoms with van der Waals surface area (Å²) in [7, 11) is 3.90. The molecule has 1 heterocycles. The van der Waals surface area contributed by atoms with E-state index in [4.69, 9.17) is 0 Å². The second-order valence-electron chi connectivity index (χ2n) is 5.92. The highest BCUT2D eigenvalue weighted by molar-refractivity contribution is 5.93. The maximum Gasteiger partial charge on any atom is 0.253 e. The van der Waals surface area contributed by atoms with E-state index in [-0.39, 0.29) is 11.5 Å². The molecule has 2 aromatic rings. The molecule has 0 unspecified atom stereocenters. The molecule has 0 saturated heterocycles. The van der Waals surface area contributed by atoms with Crippen LogP contribution < -0.4 is 10.9 Å². The zero-order valence-electron chi connectivity index (χ0n) is 13.9. The van der Waals surface area contributed by atoms with Crippen LogP contribution in [-0.2, 0) is 13.1 Å². The minimum Gasteiger partial charge on any atom is -0.348 e. The smallest absolute Gasteiger partial charge is 0.253 e. The van der Waals surface area contributed by atoms with Gasteiger partial charge in [-0.05, 0) is 32.6 Å². The van der Waals surface area contributed by atoms with Crippen molar-refractivity contribution in [1.29, 1.82) is 0 Å². The highest BCUT2D eigenvalue weighted by Gasteiger charge is 2.08. The molecule has 0 aliphatic rings. The van der Waals surface area contributed by atoms with Crippen molar-refractivity contribution in [2.45, 2.75) is 20.0 Å². The first-order chi connectivity index (χ1) is 11.0. The number of benzene rings is 1. The molecule has 1 aromatic carbocycles. The summed E-state index contributed by atoms with van der Waals surface area (Å²) < 4.78 is 1.57. The SMILES string of the molecule is Cc1cccc(CNC(=O)c2ccc(=O)n(CCN(C)C)c2)c1. The van der Waals surface area contributed by atoms with Crippen molar-refractivity contribution in [3.05, 3.63) is 69.6 Å². The molecule has 0 aliphatic carbocycles. The summed E-state index contributed by atoms with van der Waals surface area (Å²) in [6.45, 7) is 3.79. The van der Waals surface area contributed by atoms with E-state index in [2.05, 4.69) is 5.32 Å². The second kappa shape index (κ2) is 7.74. The van der Waals surface area contributed by atoms with Gasteiger partial charge in [-0.1, -0.05) is 29.8 Å². The number of aryl methyl sites for hydroxylation is 1. The van der Waals surface area contributed by atoms with Gasteiger partial charge in [0.05, 0.1) is 5.56 Å². The van der Waals surface area contributed by atoms with Crippen LogP contribution in [0.4, 0.5) is 0 Å². The molecular formula is C18H23N3O2. The second-order valence-corrected chi connectivity index (χ2v) is 5.92. The average molecular weight is 313 g/mol. The van der Waals surface area contributed by atoms with Gasteiger partial charge >= 0.3 is 0 Å². The Morgan fingerprint density at radius 1 is 1.22 bits per heavy atom. The Bertz CT molecular complexity index is 735. The van der Waals surface area contributed by atoms with Gasteiger partial charge in [-0.3, -0.25) is 9.59 Å². The first-order valence-electron chi connectivity index (χ1n) is 7.64. The van der Waals surface area contributed by atoms with Crippen molar-refractivity contribution in [1.82, 2.24) is 14.8 Å². The molecule has 122 valence electrons. The molecule has 0 radical (unpaired) electrons. The molecule has 0 saturated carbocycles. The van der Waals surface area contributed by atoms with E-state index >= 15 is 0 Å². The van der Waals surface area contributed by atoms with Crippen LogP contribution in [0, 0.1) is 6.92 Å². The molecule has 0 spiro atoms. The van der Waals surface area contributed by atoms with Crippen LogP contribution in [-0.4, -0.2) is 36.0 Å². The van der Waals surface area contributed by atoms with Crippen molar-refractivity contribution < 1.29 is 4.79 Å². The molecule has 0 atom stereocenters. The summed E-state index contributed by atoms with van der Waals surface area (Å²) in [4.78, 5) is 26.1. The molecule has 1 N–H and O–H groups in total. The van der Waals surface area contributed by atoms with E-state index < -0.39 is 0 Å². The Morgan fingerprint density at radius 2 is 2.00 bits per heavy atom. The summed E-state index contributed by atoms with van der Waals surface area (Å²) in [5, 5.41) is 2.89. The lowest BCUT2D eigenvalue weighted by Gasteiger charge is -2.12. The Hall–Kier alpha value is -2.40. The largest absolute Gasteiger partial charge is 0.348 e. The predicted octanol–water partition coefficient (Wildman–Crippen LogP) is 1.65. The summed E-state index contributed by atoms with van der Waals surface area (Å²) in [6, 6.07) is 11.0. The lowest BCUT2D eigenvalue weighted by atomic mass is 10.1. The number of aromatic nitrogens is 1. The van der Waals surface area contributed by atoms with Crippen LogP contribution in [0.5, 0.6) is 0 Å². The van der Waals surface area contributed by atoms with Gasteiger partial charge in [0.1, 0.15) is 0 Å². The van der Waals surface area contributed by atoms with Crippen LogP contribution in [0.2, 0.25) is 0 Å². The van der Waals surface area contributed by atoms with E-state index in [0.717, 1.165) is 17.7 Å². The van der Waals surface area contributed by atoms with Crippen molar-refractivity contribution in [3.63, 3.8) is 0 Å². The number of likely N-dealkylation sites (N-methyl/N-ethyl adjacent to an activating group) is 1. The first-order valence-corrected chi connectivity index (χ1v) is 7.64. The van der Waals surface area contributed by atoms with E-state index in [1.165, 1.54) is 6.07 Å². The number of rotatable bonds is 6.